The van der Waals surface area contributed by atoms with Crippen LogP contribution in [0.1, 0.15) is 45.6 Å². The minimum Gasteiger partial charge on any atom is -0.342 e. The minimum atomic E-state index is -0.918. The van der Waals surface area contributed by atoms with Crippen LogP contribution in [0.4, 0.5) is 0 Å². The molecule has 5 N–H and O–H groups in total. The van der Waals surface area contributed by atoms with Crippen molar-refractivity contribution in [2.24, 2.45) is 17.4 Å². The van der Waals surface area contributed by atoms with Gasteiger partial charge in [0.15, 0.2) is 0 Å². The van der Waals surface area contributed by atoms with E-state index in [0.29, 0.717) is 25.8 Å². The van der Waals surface area contributed by atoms with Crippen molar-refractivity contribution in [2.45, 2.75) is 64.6 Å². The Kier molecular flexibility index (Phi) is 12.3. The van der Waals surface area contributed by atoms with Crippen molar-refractivity contribution < 1.29 is 19.2 Å². The fraction of sp³-hybridized carbons (Fsp3) is 0.583. The SMILES string of the molecule is CCCN(C=O)C(=O)[C@H](CCCN)NC(=O)[C@H](Cc1ccccc1)N(C)C(=O)[C@@H](N)C(C)C. The lowest BCUT2D eigenvalue weighted by Gasteiger charge is -2.32. The standard InChI is InChI=1S/C24H39N5O4/c1-5-14-29(16-30)23(32)19(12-9-13-25)27-22(31)20(15-18-10-7-6-8-11-18)28(4)24(33)21(26)17(2)3/h6-8,10-11,16-17,19-21H,5,9,12-15,25-26H2,1-4H3,(H,27,31)/t19-,20-,21-/m0/s1. The van der Waals surface area contributed by atoms with E-state index in [1.165, 1.54) is 4.90 Å². The second-order valence-corrected chi connectivity index (χ2v) is 8.55. The first-order valence-electron chi connectivity index (χ1n) is 11.5. The molecule has 1 aromatic rings. The van der Waals surface area contributed by atoms with E-state index in [-0.39, 0.29) is 31.2 Å². The van der Waals surface area contributed by atoms with Crippen LogP contribution in [0.3, 0.4) is 0 Å². The van der Waals surface area contributed by atoms with E-state index in [9.17, 15) is 19.2 Å². The predicted octanol–water partition coefficient (Wildman–Crippen LogP) is 0.658. The molecule has 0 heterocycles. The number of carbonyl (C=O) groups is 4. The van der Waals surface area contributed by atoms with Crippen LogP contribution in [-0.2, 0) is 25.6 Å². The number of likely N-dealkylation sites (N-methyl/N-ethyl adjacent to an activating group) is 1. The van der Waals surface area contributed by atoms with Gasteiger partial charge < -0.3 is 21.7 Å². The Morgan fingerprint density at radius 2 is 1.76 bits per heavy atom. The van der Waals surface area contributed by atoms with Crippen molar-refractivity contribution in [1.29, 1.82) is 0 Å². The molecule has 0 spiro atoms. The smallest absolute Gasteiger partial charge is 0.251 e. The molecule has 0 unspecified atom stereocenters. The molecule has 0 aliphatic heterocycles. The summed E-state index contributed by atoms with van der Waals surface area (Å²) in [5.74, 6) is -1.43. The molecule has 33 heavy (non-hydrogen) atoms. The number of rotatable bonds is 14. The third-order valence-electron chi connectivity index (χ3n) is 5.58. The van der Waals surface area contributed by atoms with E-state index in [4.69, 9.17) is 11.5 Å². The molecule has 9 heteroatoms. The molecule has 0 saturated carbocycles. The maximum atomic E-state index is 13.4. The number of nitrogens with zero attached hydrogens (tertiary/aromatic N) is 2. The molecular formula is C24H39N5O4. The Hall–Kier alpha value is -2.78. The molecule has 0 fully saturated rings. The number of nitrogens with one attached hydrogen (secondary N) is 1. The number of benzene rings is 1. The summed E-state index contributed by atoms with van der Waals surface area (Å²) < 4.78 is 0. The van der Waals surface area contributed by atoms with Crippen LogP contribution >= 0.6 is 0 Å². The zero-order chi connectivity index (χ0) is 25.0. The van der Waals surface area contributed by atoms with Crippen LogP contribution in [-0.4, -0.2) is 72.2 Å². The summed E-state index contributed by atoms with van der Waals surface area (Å²) >= 11 is 0. The van der Waals surface area contributed by atoms with E-state index < -0.39 is 29.9 Å². The van der Waals surface area contributed by atoms with Gasteiger partial charge in [-0.1, -0.05) is 51.1 Å². The number of hydrogen-bond acceptors (Lipinski definition) is 6. The van der Waals surface area contributed by atoms with Gasteiger partial charge in [-0.25, -0.2) is 0 Å². The van der Waals surface area contributed by atoms with Gasteiger partial charge in [-0.05, 0) is 37.3 Å². The fourth-order valence-corrected chi connectivity index (χ4v) is 3.42. The predicted molar refractivity (Wildman–Crippen MR) is 128 cm³/mol. The molecule has 1 aromatic carbocycles. The van der Waals surface area contributed by atoms with Crippen LogP contribution in [0.15, 0.2) is 30.3 Å². The molecule has 0 aromatic heterocycles. The molecule has 0 radical (unpaired) electrons. The highest BCUT2D eigenvalue weighted by Gasteiger charge is 2.34. The second kappa shape index (κ2) is 14.4. The highest BCUT2D eigenvalue weighted by molar-refractivity contribution is 5.95. The molecular weight excluding hydrogens is 422 g/mol. The van der Waals surface area contributed by atoms with Crippen molar-refractivity contribution in [3.8, 4) is 0 Å². The number of nitrogens with two attached hydrogens (primary N) is 2. The number of carbonyl (C=O) groups excluding carboxylic acids is 4. The topological polar surface area (TPSA) is 139 Å². The molecule has 4 amide bonds. The van der Waals surface area contributed by atoms with Crippen molar-refractivity contribution in [2.75, 3.05) is 20.1 Å². The second-order valence-electron chi connectivity index (χ2n) is 8.55. The molecule has 9 nitrogen and oxygen atoms in total. The van der Waals surface area contributed by atoms with Crippen LogP contribution in [0.2, 0.25) is 0 Å². The van der Waals surface area contributed by atoms with Crippen molar-refractivity contribution in [3.05, 3.63) is 35.9 Å². The Bertz CT molecular complexity index is 771. The average Bonchev–Trinajstić information content (AvgIpc) is 2.82. The molecule has 3 atom stereocenters. The maximum absolute atomic E-state index is 13.4. The first kappa shape index (κ1) is 28.3. The summed E-state index contributed by atoms with van der Waals surface area (Å²) in [5.41, 5.74) is 12.5. The monoisotopic (exact) mass is 461 g/mol. The highest BCUT2D eigenvalue weighted by Crippen LogP contribution is 2.13. The van der Waals surface area contributed by atoms with E-state index in [0.717, 1.165) is 10.5 Å². The summed E-state index contributed by atoms with van der Waals surface area (Å²) in [6.45, 7) is 6.12. The third kappa shape index (κ3) is 8.58. The molecule has 184 valence electrons. The molecule has 0 aliphatic rings. The minimum absolute atomic E-state index is 0.102. The molecule has 0 aliphatic carbocycles. The third-order valence-corrected chi connectivity index (χ3v) is 5.58. The van der Waals surface area contributed by atoms with E-state index >= 15 is 0 Å². The van der Waals surface area contributed by atoms with Gasteiger partial charge in [0.2, 0.25) is 18.2 Å². The Morgan fingerprint density at radius 3 is 2.27 bits per heavy atom. The highest BCUT2D eigenvalue weighted by atomic mass is 16.2. The lowest BCUT2D eigenvalue weighted by molar-refractivity contribution is -0.144. The number of amides is 4. The molecule has 0 saturated heterocycles. The lowest BCUT2D eigenvalue weighted by atomic mass is 9.99. The van der Waals surface area contributed by atoms with Crippen molar-refractivity contribution in [3.63, 3.8) is 0 Å². The summed E-state index contributed by atoms with van der Waals surface area (Å²) in [6, 6.07) is 6.75. The molecule has 0 bridgehead atoms. The van der Waals surface area contributed by atoms with E-state index in [2.05, 4.69) is 5.32 Å². The van der Waals surface area contributed by atoms with Crippen LogP contribution in [0.25, 0.3) is 0 Å². The zero-order valence-corrected chi connectivity index (χ0v) is 20.2. The fourth-order valence-electron chi connectivity index (χ4n) is 3.42. The zero-order valence-electron chi connectivity index (χ0n) is 20.2. The van der Waals surface area contributed by atoms with Crippen LogP contribution < -0.4 is 16.8 Å². The number of hydrogen-bond donors (Lipinski definition) is 3. The van der Waals surface area contributed by atoms with Crippen LogP contribution in [0.5, 0.6) is 0 Å². The average molecular weight is 462 g/mol. The van der Waals surface area contributed by atoms with Gasteiger partial charge >= 0.3 is 0 Å². The van der Waals surface area contributed by atoms with Gasteiger partial charge in [0.25, 0.3) is 5.91 Å². The maximum Gasteiger partial charge on any atom is 0.251 e. The van der Waals surface area contributed by atoms with E-state index in [1.807, 2.05) is 51.1 Å². The van der Waals surface area contributed by atoms with Crippen LogP contribution in [0, 0.1) is 5.92 Å². The Balaban J connectivity index is 3.19. The summed E-state index contributed by atoms with van der Waals surface area (Å²) in [6.07, 6.45) is 2.11. The molecule has 1 rings (SSSR count). The van der Waals surface area contributed by atoms with Crippen molar-refractivity contribution >= 4 is 24.1 Å². The van der Waals surface area contributed by atoms with Gasteiger partial charge in [0.05, 0.1) is 6.04 Å². The largest absolute Gasteiger partial charge is 0.342 e. The first-order chi connectivity index (χ1) is 15.7. The normalized spacial score (nSPS) is 13.7. The lowest BCUT2D eigenvalue weighted by Crippen LogP contribution is -2.57. The van der Waals surface area contributed by atoms with Gasteiger partial charge in [-0.2, -0.15) is 0 Å². The Labute approximate surface area is 196 Å². The van der Waals surface area contributed by atoms with Gasteiger partial charge in [0, 0.05) is 20.0 Å². The quantitative estimate of drug-likeness (QED) is 0.348. The van der Waals surface area contributed by atoms with E-state index in [1.54, 1.807) is 7.05 Å². The van der Waals surface area contributed by atoms with Gasteiger partial charge in [-0.3, -0.25) is 24.1 Å². The van der Waals surface area contributed by atoms with Gasteiger partial charge in [0.1, 0.15) is 12.1 Å². The first-order valence-corrected chi connectivity index (χ1v) is 11.5. The van der Waals surface area contributed by atoms with Gasteiger partial charge in [-0.15, -0.1) is 0 Å². The summed E-state index contributed by atoms with van der Waals surface area (Å²) in [7, 11) is 1.54. The summed E-state index contributed by atoms with van der Waals surface area (Å²) in [5, 5.41) is 2.77. The summed E-state index contributed by atoms with van der Waals surface area (Å²) in [4.78, 5) is 53.1. The van der Waals surface area contributed by atoms with Crippen molar-refractivity contribution in [1.82, 2.24) is 15.1 Å². The number of imide groups is 1. The Morgan fingerprint density at radius 1 is 1.12 bits per heavy atom.